The number of methoxy groups -OCH3 is 2. The van der Waals surface area contributed by atoms with Crippen molar-refractivity contribution in [2.75, 3.05) is 20.0 Å². The van der Waals surface area contributed by atoms with Crippen molar-refractivity contribution >= 4 is 49.5 Å². The third-order valence-electron chi connectivity index (χ3n) is 4.77. The molecule has 4 N–H and O–H groups in total. The molecule has 35 heavy (non-hydrogen) atoms. The number of nitrogen functional groups attached to an aromatic ring is 1. The molecule has 0 bridgehead atoms. The van der Waals surface area contributed by atoms with Crippen LogP contribution in [0.15, 0.2) is 69.9 Å². The molecule has 2 atom stereocenters. The number of aromatic carboxylic acids is 2. The maximum absolute atomic E-state index is 10.9. The van der Waals surface area contributed by atoms with Crippen molar-refractivity contribution < 1.29 is 34.0 Å². The third-order valence-corrected chi connectivity index (χ3v) is 6.15. The quantitative estimate of drug-likeness (QED) is 0.325. The minimum absolute atomic E-state index is 0.0463. The van der Waals surface area contributed by atoms with E-state index in [1.54, 1.807) is 38.5 Å². The summed E-state index contributed by atoms with van der Waals surface area (Å²) in [5, 5.41) is 17.6. The molecule has 0 aliphatic carbocycles. The summed E-state index contributed by atoms with van der Waals surface area (Å²) in [5.74, 6) is -1.92. The highest BCUT2D eigenvalue weighted by Crippen LogP contribution is 2.21. The number of benzene rings is 2. The van der Waals surface area contributed by atoms with Crippen LogP contribution in [0.5, 0.6) is 0 Å². The Kier molecular flexibility index (Phi) is 11.4. The molecule has 0 radical (unpaired) electrons. The minimum atomic E-state index is -0.982. The van der Waals surface area contributed by atoms with E-state index < -0.39 is 11.9 Å². The Balaban J connectivity index is 0.000000193. The summed E-state index contributed by atoms with van der Waals surface area (Å²) in [7, 11) is 3.28. The number of halogens is 2. The lowest BCUT2D eigenvalue weighted by molar-refractivity contribution is -0.185. The van der Waals surface area contributed by atoms with Crippen molar-refractivity contribution in [1.82, 2.24) is 4.57 Å². The van der Waals surface area contributed by atoms with E-state index in [1.165, 1.54) is 6.07 Å². The maximum Gasteiger partial charge on any atom is 0.336 e. The van der Waals surface area contributed by atoms with Gasteiger partial charge in [-0.3, -0.25) is 0 Å². The van der Waals surface area contributed by atoms with E-state index in [9.17, 15) is 9.59 Å². The fourth-order valence-corrected chi connectivity index (χ4v) is 3.81. The molecule has 2 unspecified atom stereocenters. The average molecular weight is 614 g/mol. The first kappa shape index (κ1) is 28.5. The number of rotatable bonds is 5. The first-order chi connectivity index (χ1) is 16.7. The van der Waals surface area contributed by atoms with E-state index in [0.717, 1.165) is 18.5 Å². The van der Waals surface area contributed by atoms with E-state index in [0.29, 0.717) is 14.6 Å². The lowest BCUT2D eigenvalue weighted by Gasteiger charge is -2.09. The zero-order chi connectivity index (χ0) is 26.0. The molecule has 188 valence electrons. The predicted molar refractivity (Wildman–Crippen MR) is 138 cm³/mol. The van der Waals surface area contributed by atoms with Crippen molar-refractivity contribution in [3.8, 4) is 5.69 Å². The van der Waals surface area contributed by atoms with Gasteiger partial charge in [0.25, 0.3) is 0 Å². The number of carboxylic acids is 2. The van der Waals surface area contributed by atoms with Gasteiger partial charge in [0.1, 0.15) is 0 Å². The summed E-state index contributed by atoms with van der Waals surface area (Å²) in [6.07, 6.45) is 5.53. The number of nitrogens with two attached hydrogens (primary N) is 1. The average Bonchev–Trinajstić information content (AvgIpc) is 3.54. The monoisotopic (exact) mass is 612 g/mol. The highest BCUT2D eigenvalue weighted by molar-refractivity contribution is 9.10. The molecular formula is C24H26Br2N2O7. The van der Waals surface area contributed by atoms with Crippen molar-refractivity contribution in [3.05, 3.63) is 81.0 Å². The van der Waals surface area contributed by atoms with Crippen LogP contribution in [-0.4, -0.2) is 53.5 Å². The van der Waals surface area contributed by atoms with Crippen molar-refractivity contribution in [3.63, 3.8) is 0 Å². The highest BCUT2D eigenvalue weighted by Gasteiger charge is 2.23. The fraction of sp³-hybridized carbons (Fsp3) is 0.250. The summed E-state index contributed by atoms with van der Waals surface area (Å²) in [6, 6.07) is 13.7. The Morgan fingerprint density at radius 1 is 0.914 bits per heavy atom. The Hall–Kier alpha value is -2.70. The normalized spacial score (nSPS) is 16.5. The van der Waals surface area contributed by atoms with Crippen molar-refractivity contribution in [2.45, 2.75) is 25.4 Å². The Labute approximate surface area is 219 Å². The summed E-state index contributed by atoms with van der Waals surface area (Å²) in [6.45, 7) is 0. The topological polar surface area (TPSA) is 133 Å². The fourth-order valence-electron chi connectivity index (χ4n) is 2.98. The van der Waals surface area contributed by atoms with E-state index in [2.05, 4.69) is 31.9 Å². The Morgan fingerprint density at radius 2 is 1.40 bits per heavy atom. The van der Waals surface area contributed by atoms with Gasteiger partial charge in [-0.25, -0.2) is 9.59 Å². The molecule has 0 spiro atoms. The lowest BCUT2D eigenvalue weighted by Crippen LogP contribution is -2.13. The SMILES string of the molecule is COC1CCC(OC)O1.Nc1ccc(Br)c(C(=O)O)c1.O=C(O)c1cc(-n2cccc2)ccc1Br. The number of carboxylic acid groups (broad SMARTS) is 2. The number of carbonyl (C=O) groups is 2. The molecule has 0 saturated carbocycles. The summed E-state index contributed by atoms with van der Waals surface area (Å²) in [4.78, 5) is 21.4. The van der Waals surface area contributed by atoms with Crippen LogP contribution in [0.1, 0.15) is 33.6 Å². The summed E-state index contributed by atoms with van der Waals surface area (Å²) in [5.41, 5.74) is 7.11. The van der Waals surface area contributed by atoms with Crippen molar-refractivity contribution in [1.29, 1.82) is 0 Å². The number of nitrogens with zero attached hydrogens (tertiary/aromatic N) is 1. The van der Waals surface area contributed by atoms with Gasteiger partial charge < -0.3 is 34.7 Å². The molecule has 1 aromatic heterocycles. The van der Waals surface area contributed by atoms with Gasteiger partial charge in [0.15, 0.2) is 12.6 Å². The first-order valence-electron chi connectivity index (χ1n) is 10.3. The van der Waals surface area contributed by atoms with Gasteiger partial charge in [-0.1, -0.05) is 0 Å². The number of hydrogen-bond acceptors (Lipinski definition) is 6. The predicted octanol–water partition coefficient (Wildman–Crippen LogP) is 5.41. The van der Waals surface area contributed by atoms with Gasteiger partial charge in [-0.15, -0.1) is 0 Å². The van der Waals surface area contributed by atoms with Gasteiger partial charge in [-0.2, -0.15) is 0 Å². The molecule has 1 saturated heterocycles. The smallest absolute Gasteiger partial charge is 0.336 e. The number of aromatic nitrogens is 1. The molecule has 1 fully saturated rings. The van der Waals surface area contributed by atoms with E-state index in [1.807, 2.05) is 35.2 Å². The van der Waals surface area contributed by atoms with E-state index in [4.69, 9.17) is 30.2 Å². The zero-order valence-electron chi connectivity index (χ0n) is 19.1. The van der Waals surface area contributed by atoms with E-state index in [-0.39, 0.29) is 23.7 Å². The first-order valence-corrected chi connectivity index (χ1v) is 11.9. The van der Waals surface area contributed by atoms with Crippen LogP contribution < -0.4 is 5.73 Å². The third kappa shape index (κ3) is 8.79. The molecular weight excluding hydrogens is 588 g/mol. The van der Waals surface area contributed by atoms with Crippen LogP contribution in [0, 0.1) is 0 Å². The standard InChI is InChI=1S/C11H8BrNO2.C7H6BrNO2.C6H12O3/c12-10-4-3-8(7-9(10)11(14)15)13-5-1-2-6-13;8-6-2-1-4(9)3-5(6)7(10)11;1-7-5-3-4-6(8-2)9-5/h1-7H,(H,14,15);1-3H,9H2,(H,10,11);5-6H,3-4H2,1-2H3. The van der Waals surface area contributed by atoms with Crippen LogP contribution in [0.25, 0.3) is 5.69 Å². The van der Waals surface area contributed by atoms with Gasteiger partial charge in [0, 0.05) is 59.8 Å². The molecule has 2 aromatic carbocycles. The molecule has 0 amide bonds. The van der Waals surface area contributed by atoms with E-state index >= 15 is 0 Å². The highest BCUT2D eigenvalue weighted by atomic mass is 79.9. The molecule has 2 heterocycles. The second kappa shape index (κ2) is 14.0. The maximum atomic E-state index is 10.9. The van der Waals surface area contributed by atoms with Crippen LogP contribution in [0.2, 0.25) is 0 Å². The largest absolute Gasteiger partial charge is 0.478 e. The number of ether oxygens (including phenoxy) is 3. The van der Waals surface area contributed by atoms with Gasteiger partial charge in [0.2, 0.25) is 0 Å². The van der Waals surface area contributed by atoms with Crippen LogP contribution >= 0.6 is 31.9 Å². The minimum Gasteiger partial charge on any atom is -0.478 e. The Morgan fingerprint density at radius 3 is 1.83 bits per heavy atom. The molecule has 1 aliphatic rings. The second-order valence-corrected chi connectivity index (χ2v) is 8.86. The number of hydrogen-bond donors (Lipinski definition) is 3. The molecule has 11 heteroatoms. The Bertz CT molecular complexity index is 1110. The van der Waals surface area contributed by atoms with Gasteiger partial charge in [0.05, 0.1) is 11.1 Å². The number of anilines is 1. The lowest BCUT2D eigenvalue weighted by atomic mass is 10.2. The van der Waals surface area contributed by atoms with Crippen LogP contribution in [-0.2, 0) is 14.2 Å². The molecule has 9 nitrogen and oxygen atoms in total. The van der Waals surface area contributed by atoms with Crippen LogP contribution in [0.4, 0.5) is 5.69 Å². The van der Waals surface area contributed by atoms with Crippen LogP contribution in [0.3, 0.4) is 0 Å². The summed E-state index contributed by atoms with van der Waals surface area (Å²) < 4.78 is 18.1. The second-order valence-electron chi connectivity index (χ2n) is 7.15. The van der Waals surface area contributed by atoms with Crippen molar-refractivity contribution in [2.24, 2.45) is 0 Å². The van der Waals surface area contributed by atoms with Gasteiger partial charge >= 0.3 is 11.9 Å². The zero-order valence-corrected chi connectivity index (χ0v) is 22.2. The molecule has 1 aliphatic heterocycles. The molecule has 4 rings (SSSR count). The molecule has 3 aromatic rings. The summed E-state index contributed by atoms with van der Waals surface area (Å²) >= 11 is 6.30. The van der Waals surface area contributed by atoms with Gasteiger partial charge in [-0.05, 0) is 80.4 Å².